The molecule has 1 aromatic carbocycles. The predicted molar refractivity (Wildman–Crippen MR) is 84.6 cm³/mol. The van der Waals surface area contributed by atoms with Gasteiger partial charge in [0.2, 0.25) is 5.91 Å². The van der Waals surface area contributed by atoms with Crippen molar-refractivity contribution in [3.63, 3.8) is 0 Å². The summed E-state index contributed by atoms with van der Waals surface area (Å²) in [7, 11) is 1.33. The van der Waals surface area contributed by atoms with Gasteiger partial charge in [-0.2, -0.15) is 0 Å². The Kier molecular flexibility index (Phi) is 4.17. The number of hydrogen-bond acceptors (Lipinski definition) is 4. The first-order valence-electron chi connectivity index (χ1n) is 7.97. The predicted octanol–water partition coefficient (Wildman–Crippen LogP) is 1.72. The van der Waals surface area contributed by atoms with Crippen LogP contribution in [-0.2, 0) is 15.1 Å². The first-order chi connectivity index (χ1) is 11.5. The minimum atomic E-state index is -1.06. The average Bonchev–Trinajstić information content (AvgIpc) is 3.18. The Hall–Kier alpha value is -2.57. The van der Waals surface area contributed by atoms with Crippen molar-refractivity contribution in [2.24, 2.45) is 0 Å². The minimum Gasteiger partial charge on any atom is -0.465 e. The number of amides is 2. The van der Waals surface area contributed by atoms with Crippen LogP contribution < -0.4 is 5.32 Å². The largest absolute Gasteiger partial charge is 0.465 e. The van der Waals surface area contributed by atoms with Gasteiger partial charge in [-0.15, -0.1) is 0 Å². The molecule has 2 fully saturated rings. The first-order valence-corrected chi connectivity index (χ1v) is 7.97. The van der Waals surface area contributed by atoms with Gasteiger partial charge in [0.05, 0.1) is 18.2 Å². The van der Waals surface area contributed by atoms with E-state index in [2.05, 4.69) is 10.1 Å². The number of nitrogens with one attached hydrogen (secondary N) is 1. The Balaban J connectivity index is 1.71. The van der Waals surface area contributed by atoms with Crippen molar-refractivity contribution in [1.29, 1.82) is 0 Å². The Labute approximate surface area is 139 Å². The molecule has 128 valence electrons. The molecule has 1 saturated heterocycles. The number of carbonyl (C=O) groups is 3. The van der Waals surface area contributed by atoms with Crippen LogP contribution in [0.3, 0.4) is 0 Å². The maximum atomic E-state index is 12.5. The molecule has 7 nitrogen and oxygen atoms in total. The molecule has 1 aliphatic carbocycles. The number of nitrogens with zero attached hydrogens (tertiary/aromatic N) is 1. The van der Waals surface area contributed by atoms with Crippen molar-refractivity contribution < 1.29 is 24.2 Å². The standard InChI is InChI=1S/C17H20N2O5/c1-24-15(21)11-4-6-12(7-5-11)17(8-9-17)18-14(20)13-3-2-10-19(13)16(22)23/h4-7,13H,2-3,8-10H2,1H3,(H,18,20)(H,22,23). The Bertz CT molecular complexity index is 666. The molecule has 1 atom stereocenters. The molecule has 2 aliphatic rings. The fourth-order valence-electron chi connectivity index (χ4n) is 3.24. The second-order valence-electron chi connectivity index (χ2n) is 6.27. The van der Waals surface area contributed by atoms with Gasteiger partial charge >= 0.3 is 12.1 Å². The first kappa shape index (κ1) is 16.3. The third-order valence-corrected chi connectivity index (χ3v) is 4.77. The van der Waals surface area contributed by atoms with Crippen molar-refractivity contribution in [3.8, 4) is 0 Å². The molecule has 1 saturated carbocycles. The van der Waals surface area contributed by atoms with Crippen molar-refractivity contribution in [3.05, 3.63) is 35.4 Å². The number of methoxy groups -OCH3 is 1. The van der Waals surface area contributed by atoms with Gasteiger partial charge < -0.3 is 15.2 Å². The van der Waals surface area contributed by atoms with Gasteiger partial charge in [0, 0.05) is 6.54 Å². The molecule has 0 aromatic heterocycles. The SMILES string of the molecule is COC(=O)c1ccc(C2(NC(=O)C3CCCN3C(=O)O)CC2)cc1. The van der Waals surface area contributed by atoms with Gasteiger partial charge in [0.1, 0.15) is 6.04 Å². The summed E-state index contributed by atoms with van der Waals surface area (Å²) in [5.41, 5.74) is 0.929. The molecular weight excluding hydrogens is 312 g/mol. The number of hydrogen-bond donors (Lipinski definition) is 2. The van der Waals surface area contributed by atoms with Crippen LogP contribution in [0.5, 0.6) is 0 Å². The molecule has 0 spiro atoms. The van der Waals surface area contributed by atoms with Crippen LogP contribution in [-0.4, -0.2) is 47.7 Å². The highest BCUT2D eigenvalue weighted by Gasteiger charge is 2.47. The number of carbonyl (C=O) groups excluding carboxylic acids is 2. The van der Waals surface area contributed by atoms with Crippen molar-refractivity contribution >= 4 is 18.0 Å². The van der Waals surface area contributed by atoms with E-state index in [1.165, 1.54) is 12.0 Å². The second kappa shape index (κ2) is 6.14. The number of carboxylic acid groups (broad SMARTS) is 1. The zero-order valence-electron chi connectivity index (χ0n) is 13.4. The van der Waals surface area contributed by atoms with E-state index in [9.17, 15) is 19.5 Å². The quantitative estimate of drug-likeness (QED) is 0.819. The van der Waals surface area contributed by atoms with E-state index in [4.69, 9.17) is 0 Å². The number of benzene rings is 1. The third-order valence-electron chi connectivity index (χ3n) is 4.77. The minimum absolute atomic E-state index is 0.246. The summed E-state index contributed by atoms with van der Waals surface area (Å²) in [6, 6.07) is 6.35. The molecule has 3 rings (SSSR count). The summed E-state index contributed by atoms with van der Waals surface area (Å²) >= 11 is 0. The molecule has 24 heavy (non-hydrogen) atoms. The van der Waals surface area contributed by atoms with E-state index in [1.807, 2.05) is 12.1 Å². The number of ether oxygens (including phenoxy) is 1. The van der Waals surface area contributed by atoms with Gasteiger partial charge in [-0.05, 0) is 43.4 Å². The smallest absolute Gasteiger partial charge is 0.407 e. The average molecular weight is 332 g/mol. The lowest BCUT2D eigenvalue weighted by Gasteiger charge is -2.25. The van der Waals surface area contributed by atoms with E-state index in [-0.39, 0.29) is 5.91 Å². The van der Waals surface area contributed by atoms with Crippen LogP contribution in [0, 0.1) is 0 Å². The van der Waals surface area contributed by atoms with Crippen molar-refractivity contribution in [2.45, 2.75) is 37.3 Å². The zero-order chi connectivity index (χ0) is 17.3. The maximum absolute atomic E-state index is 12.5. The lowest BCUT2D eigenvalue weighted by Crippen LogP contribution is -2.48. The number of esters is 1. The molecule has 0 bridgehead atoms. The number of rotatable bonds is 4. The van der Waals surface area contributed by atoms with Crippen LogP contribution >= 0.6 is 0 Å². The van der Waals surface area contributed by atoms with E-state index in [0.29, 0.717) is 24.9 Å². The highest BCUT2D eigenvalue weighted by atomic mass is 16.5. The molecular formula is C17H20N2O5. The highest BCUT2D eigenvalue weighted by Crippen LogP contribution is 2.45. The van der Waals surface area contributed by atoms with E-state index < -0.39 is 23.6 Å². The molecule has 1 heterocycles. The van der Waals surface area contributed by atoms with Crippen LogP contribution in [0.25, 0.3) is 0 Å². The summed E-state index contributed by atoms with van der Waals surface area (Å²) in [4.78, 5) is 36.4. The zero-order valence-corrected chi connectivity index (χ0v) is 13.4. The molecule has 1 aliphatic heterocycles. The normalized spacial score (nSPS) is 21.2. The molecule has 1 aromatic rings. The van der Waals surface area contributed by atoms with Crippen LogP contribution in [0.1, 0.15) is 41.6 Å². The van der Waals surface area contributed by atoms with Crippen LogP contribution in [0.15, 0.2) is 24.3 Å². The summed E-state index contributed by atoms with van der Waals surface area (Å²) in [6.45, 7) is 0.397. The summed E-state index contributed by atoms with van der Waals surface area (Å²) in [5, 5.41) is 12.2. The van der Waals surface area contributed by atoms with Gasteiger partial charge in [-0.1, -0.05) is 12.1 Å². The lowest BCUT2D eigenvalue weighted by atomic mass is 10.0. The lowest BCUT2D eigenvalue weighted by molar-refractivity contribution is -0.126. The summed E-state index contributed by atoms with van der Waals surface area (Å²) in [6.07, 6.45) is 1.80. The summed E-state index contributed by atoms with van der Waals surface area (Å²) in [5.74, 6) is -0.650. The van der Waals surface area contributed by atoms with Gasteiger partial charge in [-0.25, -0.2) is 9.59 Å². The number of likely N-dealkylation sites (tertiary alicyclic amines) is 1. The molecule has 0 radical (unpaired) electrons. The van der Waals surface area contributed by atoms with E-state index in [1.54, 1.807) is 12.1 Å². The van der Waals surface area contributed by atoms with Crippen molar-refractivity contribution in [1.82, 2.24) is 10.2 Å². The van der Waals surface area contributed by atoms with Crippen molar-refractivity contribution in [2.75, 3.05) is 13.7 Å². The van der Waals surface area contributed by atoms with Gasteiger partial charge in [0.15, 0.2) is 0 Å². The maximum Gasteiger partial charge on any atom is 0.407 e. The molecule has 2 N–H and O–H groups in total. The van der Waals surface area contributed by atoms with Crippen LogP contribution in [0.2, 0.25) is 0 Å². The Morgan fingerprint density at radius 2 is 1.92 bits per heavy atom. The second-order valence-corrected chi connectivity index (χ2v) is 6.27. The van der Waals surface area contributed by atoms with Gasteiger partial charge in [-0.3, -0.25) is 9.69 Å². The highest BCUT2D eigenvalue weighted by molar-refractivity contribution is 5.89. The topological polar surface area (TPSA) is 95.9 Å². The summed E-state index contributed by atoms with van der Waals surface area (Å²) < 4.78 is 4.67. The molecule has 2 amide bonds. The fraction of sp³-hybridized carbons (Fsp3) is 0.471. The monoisotopic (exact) mass is 332 g/mol. The van der Waals surface area contributed by atoms with E-state index >= 15 is 0 Å². The molecule has 7 heteroatoms. The van der Waals surface area contributed by atoms with Crippen LogP contribution in [0.4, 0.5) is 4.79 Å². The van der Waals surface area contributed by atoms with E-state index in [0.717, 1.165) is 18.4 Å². The third kappa shape index (κ3) is 2.93. The van der Waals surface area contributed by atoms with Gasteiger partial charge in [0.25, 0.3) is 0 Å². The molecule has 1 unspecified atom stereocenters. The fourth-order valence-corrected chi connectivity index (χ4v) is 3.24. The Morgan fingerprint density at radius 3 is 2.46 bits per heavy atom. The Morgan fingerprint density at radius 1 is 1.25 bits per heavy atom.